The van der Waals surface area contributed by atoms with Gasteiger partial charge in [0.05, 0.1) is 20.6 Å². The Kier molecular flexibility index (Phi) is 7.02. The van der Waals surface area contributed by atoms with Gasteiger partial charge < -0.3 is 5.32 Å². The van der Waals surface area contributed by atoms with Crippen LogP contribution < -0.4 is 9.62 Å². The number of hydrogen-bond acceptors (Lipinski definition) is 3. The van der Waals surface area contributed by atoms with E-state index in [2.05, 4.69) is 5.32 Å². The molecular formula is C22H20Cl2N2O3S. The van der Waals surface area contributed by atoms with Crippen LogP contribution in [0, 0.1) is 6.92 Å². The molecule has 0 atom stereocenters. The van der Waals surface area contributed by atoms with Crippen molar-refractivity contribution in [3.63, 3.8) is 0 Å². The van der Waals surface area contributed by atoms with Gasteiger partial charge in [0.15, 0.2) is 0 Å². The van der Waals surface area contributed by atoms with E-state index in [1.54, 1.807) is 48.5 Å². The molecule has 3 aromatic carbocycles. The Morgan fingerprint density at radius 3 is 2.23 bits per heavy atom. The fraction of sp³-hybridized carbons (Fsp3) is 0.136. The summed E-state index contributed by atoms with van der Waals surface area (Å²) in [6, 6.07) is 20.0. The van der Waals surface area contributed by atoms with Gasteiger partial charge in [-0.15, -0.1) is 0 Å². The molecule has 0 aliphatic heterocycles. The zero-order chi connectivity index (χ0) is 21.7. The number of benzene rings is 3. The van der Waals surface area contributed by atoms with Crippen LogP contribution in [0.15, 0.2) is 77.7 Å². The molecule has 0 radical (unpaired) electrons. The maximum absolute atomic E-state index is 13.2. The molecule has 3 rings (SSSR count). The Hall–Kier alpha value is -2.54. The van der Waals surface area contributed by atoms with Gasteiger partial charge in [-0.1, -0.05) is 59.1 Å². The summed E-state index contributed by atoms with van der Waals surface area (Å²) in [5.41, 5.74) is 1.99. The van der Waals surface area contributed by atoms with Crippen molar-refractivity contribution >= 4 is 50.5 Å². The lowest BCUT2D eigenvalue weighted by atomic mass is 10.2. The van der Waals surface area contributed by atoms with Crippen LogP contribution >= 0.6 is 23.2 Å². The zero-order valence-corrected chi connectivity index (χ0v) is 18.5. The second-order valence-corrected chi connectivity index (χ2v) is 9.33. The SMILES string of the molecule is Cc1ccc(N(CCC(=O)Nc2ccc(Cl)c(Cl)c2)S(=O)(=O)c2ccccc2)cc1. The minimum atomic E-state index is -3.83. The van der Waals surface area contributed by atoms with Crippen molar-refractivity contribution in [2.45, 2.75) is 18.2 Å². The highest BCUT2D eigenvalue weighted by atomic mass is 35.5. The minimum absolute atomic E-state index is 0.0204. The van der Waals surface area contributed by atoms with E-state index in [9.17, 15) is 13.2 Å². The summed E-state index contributed by atoms with van der Waals surface area (Å²) in [4.78, 5) is 12.6. The van der Waals surface area contributed by atoms with E-state index in [1.807, 2.05) is 19.1 Å². The summed E-state index contributed by atoms with van der Waals surface area (Å²) in [6.07, 6.45) is -0.0415. The average molecular weight is 463 g/mol. The quantitative estimate of drug-likeness (QED) is 0.501. The maximum atomic E-state index is 13.2. The number of nitrogens with zero attached hydrogens (tertiary/aromatic N) is 1. The number of rotatable bonds is 7. The molecule has 0 saturated heterocycles. The molecule has 0 bridgehead atoms. The summed E-state index contributed by atoms with van der Waals surface area (Å²) in [6.45, 7) is 1.90. The van der Waals surface area contributed by atoms with Gasteiger partial charge in [0.25, 0.3) is 10.0 Å². The number of aryl methyl sites for hydroxylation is 1. The molecule has 0 saturated carbocycles. The smallest absolute Gasteiger partial charge is 0.264 e. The van der Waals surface area contributed by atoms with Gasteiger partial charge in [-0.05, 0) is 49.4 Å². The Morgan fingerprint density at radius 1 is 0.933 bits per heavy atom. The van der Waals surface area contributed by atoms with Crippen LogP contribution in [0.4, 0.5) is 11.4 Å². The molecule has 156 valence electrons. The second kappa shape index (κ2) is 9.51. The van der Waals surface area contributed by atoms with Crippen LogP contribution in [0.2, 0.25) is 10.0 Å². The topological polar surface area (TPSA) is 66.5 Å². The first-order valence-electron chi connectivity index (χ1n) is 9.17. The number of halogens is 2. The van der Waals surface area contributed by atoms with Gasteiger partial charge in [0.1, 0.15) is 0 Å². The van der Waals surface area contributed by atoms with Gasteiger partial charge in [0, 0.05) is 18.7 Å². The summed E-state index contributed by atoms with van der Waals surface area (Å²) in [5, 5.41) is 3.42. The Balaban J connectivity index is 1.81. The van der Waals surface area contributed by atoms with Crippen molar-refractivity contribution in [1.82, 2.24) is 0 Å². The monoisotopic (exact) mass is 462 g/mol. The number of nitrogens with one attached hydrogen (secondary N) is 1. The molecule has 0 fully saturated rings. The highest BCUT2D eigenvalue weighted by molar-refractivity contribution is 7.92. The third-order valence-electron chi connectivity index (χ3n) is 4.40. The van der Waals surface area contributed by atoms with Gasteiger partial charge in [-0.3, -0.25) is 9.10 Å². The molecule has 0 unspecified atom stereocenters. The normalized spacial score (nSPS) is 11.2. The lowest BCUT2D eigenvalue weighted by Crippen LogP contribution is -2.34. The highest BCUT2D eigenvalue weighted by Crippen LogP contribution is 2.26. The molecule has 8 heteroatoms. The number of anilines is 2. The molecule has 0 spiro atoms. The van der Waals surface area contributed by atoms with Gasteiger partial charge in [-0.2, -0.15) is 0 Å². The van der Waals surface area contributed by atoms with Crippen LogP contribution in [0.5, 0.6) is 0 Å². The standard InChI is InChI=1S/C22H20Cl2N2O3S/c1-16-7-10-18(11-8-16)26(30(28,29)19-5-3-2-4-6-19)14-13-22(27)25-17-9-12-20(23)21(24)15-17/h2-12,15H,13-14H2,1H3,(H,25,27). The van der Waals surface area contributed by atoms with Crippen LogP contribution in [0.3, 0.4) is 0 Å². The van der Waals surface area contributed by atoms with E-state index in [-0.39, 0.29) is 23.8 Å². The lowest BCUT2D eigenvalue weighted by Gasteiger charge is -2.24. The molecule has 0 aromatic heterocycles. The summed E-state index contributed by atoms with van der Waals surface area (Å²) < 4.78 is 27.7. The van der Waals surface area contributed by atoms with E-state index in [0.29, 0.717) is 21.4 Å². The van der Waals surface area contributed by atoms with Crippen molar-refractivity contribution in [2.75, 3.05) is 16.2 Å². The highest BCUT2D eigenvalue weighted by Gasteiger charge is 2.25. The number of carbonyl (C=O) groups is 1. The fourth-order valence-electron chi connectivity index (χ4n) is 2.82. The van der Waals surface area contributed by atoms with Crippen LogP contribution in [0.1, 0.15) is 12.0 Å². The minimum Gasteiger partial charge on any atom is -0.326 e. The Bertz CT molecular complexity index is 1130. The van der Waals surface area contributed by atoms with E-state index in [1.165, 1.54) is 16.4 Å². The summed E-state index contributed by atoms with van der Waals surface area (Å²) in [7, 11) is -3.83. The number of carbonyl (C=O) groups excluding carboxylic acids is 1. The molecule has 0 aliphatic carbocycles. The average Bonchev–Trinajstić information content (AvgIpc) is 2.73. The van der Waals surface area contributed by atoms with E-state index >= 15 is 0 Å². The van der Waals surface area contributed by atoms with E-state index in [4.69, 9.17) is 23.2 Å². The van der Waals surface area contributed by atoms with E-state index < -0.39 is 10.0 Å². The molecular weight excluding hydrogens is 443 g/mol. The molecule has 0 heterocycles. The molecule has 1 amide bonds. The number of sulfonamides is 1. The van der Waals surface area contributed by atoms with Crippen molar-refractivity contribution in [3.05, 3.63) is 88.4 Å². The molecule has 3 aromatic rings. The first-order chi connectivity index (χ1) is 14.3. The van der Waals surface area contributed by atoms with Gasteiger partial charge in [0.2, 0.25) is 5.91 Å². The Morgan fingerprint density at radius 2 is 1.60 bits per heavy atom. The maximum Gasteiger partial charge on any atom is 0.264 e. The zero-order valence-electron chi connectivity index (χ0n) is 16.2. The molecule has 1 N–H and O–H groups in total. The first-order valence-corrected chi connectivity index (χ1v) is 11.4. The van der Waals surface area contributed by atoms with Crippen molar-refractivity contribution < 1.29 is 13.2 Å². The van der Waals surface area contributed by atoms with Crippen LogP contribution in [0.25, 0.3) is 0 Å². The van der Waals surface area contributed by atoms with Crippen molar-refractivity contribution in [3.8, 4) is 0 Å². The molecule has 0 aliphatic rings. The van der Waals surface area contributed by atoms with Crippen LogP contribution in [-0.4, -0.2) is 20.9 Å². The van der Waals surface area contributed by atoms with Gasteiger partial charge in [-0.25, -0.2) is 8.42 Å². The third-order valence-corrected chi connectivity index (χ3v) is 6.98. The van der Waals surface area contributed by atoms with Crippen molar-refractivity contribution in [1.29, 1.82) is 0 Å². The van der Waals surface area contributed by atoms with Gasteiger partial charge >= 0.3 is 0 Å². The number of hydrogen-bond donors (Lipinski definition) is 1. The second-order valence-electron chi connectivity index (χ2n) is 6.65. The Labute approximate surface area is 186 Å². The first kappa shape index (κ1) is 22.2. The summed E-state index contributed by atoms with van der Waals surface area (Å²) in [5.74, 6) is -0.339. The molecule has 5 nitrogen and oxygen atoms in total. The van der Waals surface area contributed by atoms with Crippen LogP contribution in [-0.2, 0) is 14.8 Å². The predicted octanol–water partition coefficient (Wildman–Crippen LogP) is 5.53. The predicted molar refractivity (Wildman–Crippen MR) is 122 cm³/mol. The fourth-order valence-corrected chi connectivity index (χ4v) is 4.60. The van der Waals surface area contributed by atoms with E-state index in [0.717, 1.165) is 5.56 Å². The third kappa shape index (κ3) is 5.33. The largest absolute Gasteiger partial charge is 0.326 e. The molecule has 30 heavy (non-hydrogen) atoms. The van der Waals surface area contributed by atoms with Crippen molar-refractivity contribution in [2.24, 2.45) is 0 Å². The lowest BCUT2D eigenvalue weighted by molar-refractivity contribution is -0.116. The summed E-state index contributed by atoms with van der Waals surface area (Å²) >= 11 is 11.9. The number of amides is 1.